The Morgan fingerprint density at radius 1 is 0.850 bits per heavy atom. The molecule has 0 fully saturated rings. The molecule has 7 nitrogen and oxygen atoms in total. The number of phenolic OH excluding ortho intramolecular Hbond substituents is 1. The minimum absolute atomic E-state index is 0.0123. The van der Waals surface area contributed by atoms with E-state index in [1.165, 1.54) is 115 Å². The average Bonchev–Trinajstić information content (AvgIpc) is 2.96. The number of aliphatic hydroxyl groups is 3. The lowest BCUT2D eigenvalue weighted by Crippen LogP contribution is -2.39. The Labute approximate surface area is 241 Å². The van der Waals surface area contributed by atoms with Crippen LogP contribution in [0.2, 0.25) is 0 Å². The van der Waals surface area contributed by atoms with Crippen molar-refractivity contribution in [3.63, 3.8) is 0 Å². The molecule has 0 aliphatic carbocycles. The molecular formula is C33H54O7. The fourth-order valence-electron chi connectivity index (χ4n) is 4.49. The summed E-state index contributed by atoms with van der Waals surface area (Å²) < 4.78 is 9.98. The van der Waals surface area contributed by atoms with Crippen LogP contribution < -0.4 is 4.74 Å². The van der Waals surface area contributed by atoms with Gasteiger partial charge < -0.3 is 29.9 Å². The molecule has 7 heteroatoms. The molecule has 40 heavy (non-hydrogen) atoms. The summed E-state index contributed by atoms with van der Waals surface area (Å²) in [6, 6.07) is 4.60. The lowest BCUT2D eigenvalue weighted by molar-refractivity contribution is -0.144. The quantitative estimate of drug-likeness (QED) is 0.0471. The van der Waals surface area contributed by atoms with Crippen LogP contribution in [-0.4, -0.2) is 58.4 Å². The maximum atomic E-state index is 11.9. The third-order valence-electron chi connectivity index (χ3n) is 7.06. The van der Waals surface area contributed by atoms with Gasteiger partial charge in [0.05, 0.1) is 7.11 Å². The summed E-state index contributed by atoms with van der Waals surface area (Å²) in [6.07, 6.45) is 22.3. The van der Waals surface area contributed by atoms with Crippen LogP contribution in [0, 0.1) is 0 Å². The average molecular weight is 563 g/mol. The van der Waals surface area contributed by atoms with Crippen LogP contribution >= 0.6 is 0 Å². The van der Waals surface area contributed by atoms with Crippen LogP contribution in [0.3, 0.4) is 0 Å². The highest BCUT2D eigenvalue weighted by Crippen LogP contribution is 2.26. The Balaban J connectivity index is 2.07. The molecule has 0 radical (unpaired) electrons. The number of esters is 1. The van der Waals surface area contributed by atoms with E-state index in [0.29, 0.717) is 5.56 Å². The number of methoxy groups -OCH3 is 1. The van der Waals surface area contributed by atoms with Gasteiger partial charge in [0.2, 0.25) is 0 Å². The van der Waals surface area contributed by atoms with E-state index < -0.39 is 30.9 Å². The smallest absolute Gasteiger partial charge is 0.330 e. The molecule has 1 aromatic carbocycles. The molecule has 3 unspecified atom stereocenters. The zero-order valence-electron chi connectivity index (χ0n) is 24.8. The first kappa shape index (κ1) is 35.7. The SMILES string of the molecule is CCCCCCCCCCCCCCCCC/C=C\C(O)C(O)C(O)COC(=O)/C=C/c1ccc(O)c(OC)c1. The summed E-state index contributed by atoms with van der Waals surface area (Å²) in [7, 11) is 1.42. The number of hydrogen-bond donors (Lipinski definition) is 4. The van der Waals surface area contributed by atoms with Gasteiger partial charge in [-0.3, -0.25) is 0 Å². The number of benzene rings is 1. The number of rotatable bonds is 24. The molecule has 3 atom stereocenters. The van der Waals surface area contributed by atoms with Crippen LogP contribution in [-0.2, 0) is 9.53 Å². The van der Waals surface area contributed by atoms with Crippen LogP contribution in [0.1, 0.15) is 115 Å². The van der Waals surface area contributed by atoms with Gasteiger partial charge in [-0.2, -0.15) is 0 Å². The highest BCUT2D eigenvalue weighted by Gasteiger charge is 2.23. The van der Waals surface area contributed by atoms with E-state index in [-0.39, 0.29) is 11.5 Å². The third-order valence-corrected chi connectivity index (χ3v) is 7.06. The van der Waals surface area contributed by atoms with Gasteiger partial charge in [0, 0.05) is 6.08 Å². The number of phenols is 1. The van der Waals surface area contributed by atoms with Crippen LogP contribution in [0.15, 0.2) is 36.4 Å². The van der Waals surface area contributed by atoms with Crippen molar-refractivity contribution in [1.82, 2.24) is 0 Å². The predicted octanol–water partition coefficient (Wildman–Crippen LogP) is 6.86. The number of hydrogen-bond acceptors (Lipinski definition) is 7. The van der Waals surface area contributed by atoms with E-state index in [9.17, 15) is 25.2 Å². The second-order valence-electron chi connectivity index (χ2n) is 10.6. The Hall–Kier alpha value is -2.35. The summed E-state index contributed by atoms with van der Waals surface area (Å²) in [5, 5.41) is 39.9. The first-order chi connectivity index (χ1) is 19.4. The zero-order chi connectivity index (χ0) is 29.4. The summed E-state index contributed by atoms with van der Waals surface area (Å²) in [6.45, 7) is 1.81. The fraction of sp³-hybridized carbons (Fsp3) is 0.667. The highest BCUT2D eigenvalue weighted by molar-refractivity contribution is 5.87. The maximum Gasteiger partial charge on any atom is 0.330 e. The molecule has 228 valence electrons. The molecule has 1 aromatic rings. The van der Waals surface area contributed by atoms with Gasteiger partial charge in [-0.25, -0.2) is 4.79 Å². The van der Waals surface area contributed by atoms with E-state index in [1.807, 2.05) is 6.08 Å². The van der Waals surface area contributed by atoms with Gasteiger partial charge in [-0.15, -0.1) is 0 Å². The van der Waals surface area contributed by atoms with Gasteiger partial charge >= 0.3 is 5.97 Å². The second kappa shape index (κ2) is 23.4. The van der Waals surface area contributed by atoms with Crippen molar-refractivity contribution >= 4 is 12.0 Å². The summed E-state index contributed by atoms with van der Waals surface area (Å²) in [4.78, 5) is 11.9. The van der Waals surface area contributed by atoms with E-state index in [2.05, 4.69) is 6.92 Å². The molecule has 0 saturated carbocycles. The Morgan fingerprint density at radius 2 is 1.40 bits per heavy atom. The highest BCUT2D eigenvalue weighted by atomic mass is 16.5. The molecule has 0 aliphatic heterocycles. The normalized spacial score (nSPS) is 14.0. The second-order valence-corrected chi connectivity index (χ2v) is 10.6. The van der Waals surface area contributed by atoms with Gasteiger partial charge in [-0.05, 0) is 36.6 Å². The van der Waals surface area contributed by atoms with Crippen molar-refractivity contribution in [2.45, 2.75) is 128 Å². The van der Waals surface area contributed by atoms with E-state index in [4.69, 9.17) is 9.47 Å². The minimum atomic E-state index is -1.46. The van der Waals surface area contributed by atoms with Crippen LogP contribution in [0.25, 0.3) is 6.08 Å². The largest absolute Gasteiger partial charge is 0.504 e. The van der Waals surface area contributed by atoms with Crippen molar-refractivity contribution < 1.29 is 34.7 Å². The number of unbranched alkanes of at least 4 members (excludes halogenated alkanes) is 15. The standard InChI is InChI=1S/C33H54O7/c1-3-4-5-6-7-8-9-10-11-12-13-14-15-16-17-18-19-20-29(35)33(38)30(36)26-40-32(37)24-22-27-21-23-28(34)31(25-27)39-2/h19-25,29-30,33-36,38H,3-18,26H2,1-2H3/b20-19-,24-22+. The molecule has 0 heterocycles. The van der Waals surface area contributed by atoms with E-state index in [0.717, 1.165) is 19.3 Å². The monoisotopic (exact) mass is 562 g/mol. The van der Waals surface area contributed by atoms with Gasteiger partial charge in [0.25, 0.3) is 0 Å². The van der Waals surface area contributed by atoms with E-state index in [1.54, 1.807) is 12.1 Å². The molecule has 0 aromatic heterocycles. The summed E-state index contributed by atoms with van der Waals surface area (Å²) in [5.41, 5.74) is 0.613. The molecular weight excluding hydrogens is 508 g/mol. The first-order valence-corrected chi connectivity index (χ1v) is 15.3. The van der Waals surface area contributed by atoms with Crippen molar-refractivity contribution in [1.29, 1.82) is 0 Å². The fourth-order valence-corrected chi connectivity index (χ4v) is 4.49. The zero-order valence-corrected chi connectivity index (χ0v) is 24.8. The van der Waals surface area contributed by atoms with Gasteiger partial charge in [0.15, 0.2) is 11.5 Å². The minimum Gasteiger partial charge on any atom is -0.504 e. The Morgan fingerprint density at radius 3 is 1.95 bits per heavy atom. The lowest BCUT2D eigenvalue weighted by atomic mass is 10.0. The Kier molecular flexibility index (Phi) is 20.8. The molecule has 0 saturated heterocycles. The van der Waals surface area contributed by atoms with E-state index >= 15 is 0 Å². The molecule has 0 amide bonds. The summed E-state index contributed by atoms with van der Waals surface area (Å²) >= 11 is 0. The topological polar surface area (TPSA) is 116 Å². The molecule has 1 rings (SSSR count). The Bertz CT molecular complexity index is 836. The predicted molar refractivity (Wildman–Crippen MR) is 161 cm³/mol. The van der Waals surface area contributed by atoms with Gasteiger partial charge in [0.1, 0.15) is 24.9 Å². The van der Waals surface area contributed by atoms with Crippen molar-refractivity contribution in [2.24, 2.45) is 0 Å². The van der Waals surface area contributed by atoms with Crippen molar-refractivity contribution in [3.05, 3.63) is 42.0 Å². The molecule has 0 spiro atoms. The first-order valence-electron chi connectivity index (χ1n) is 15.3. The maximum absolute atomic E-state index is 11.9. The van der Waals surface area contributed by atoms with Crippen molar-refractivity contribution in [2.75, 3.05) is 13.7 Å². The number of aromatic hydroxyl groups is 1. The van der Waals surface area contributed by atoms with Gasteiger partial charge in [-0.1, -0.05) is 115 Å². The number of carbonyl (C=O) groups is 1. The number of allylic oxidation sites excluding steroid dienone is 1. The number of ether oxygens (including phenoxy) is 2. The van der Waals surface area contributed by atoms with Crippen LogP contribution in [0.5, 0.6) is 11.5 Å². The molecule has 4 N–H and O–H groups in total. The molecule has 0 bridgehead atoms. The summed E-state index contributed by atoms with van der Waals surface area (Å²) in [5.74, 6) is -0.450. The van der Waals surface area contributed by atoms with Crippen molar-refractivity contribution in [3.8, 4) is 11.5 Å². The number of aliphatic hydroxyl groups excluding tert-OH is 3. The lowest BCUT2D eigenvalue weighted by Gasteiger charge is -2.20. The van der Waals surface area contributed by atoms with Crippen LogP contribution in [0.4, 0.5) is 0 Å². The third kappa shape index (κ3) is 17.4. The molecule has 0 aliphatic rings. The number of carbonyl (C=O) groups excluding carboxylic acids is 1.